The second-order valence-electron chi connectivity index (χ2n) is 0.862. The number of hydrogen-bond donors (Lipinski definition) is 2. The van der Waals surface area contributed by atoms with Crippen LogP contribution in [0.5, 0.6) is 0 Å². The molecule has 3 nitrogen and oxygen atoms in total. The minimum Gasteiger partial charge on any atom is -0.351 e. The van der Waals surface area contributed by atoms with Crippen molar-refractivity contribution in [2.45, 2.75) is 0 Å². The molecule has 0 radical (unpaired) electrons. The Kier molecular flexibility index (Phi) is 1.80. The van der Waals surface area contributed by atoms with Gasteiger partial charge in [-0.3, -0.25) is 4.31 Å². The van der Waals surface area contributed by atoms with Gasteiger partial charge in [-0.1, -0.05) is 12.8 Å². The molecular formula is C2H6N2OS. The predicted molar refractivity (Wildman–Crippen MR) is 26.3 cm³/mol. The fourth-order valence-corrected chi connectivity index (χ4v) is 0. The van der Waals surface area contributed by atoms with Gasteiger partial charge in [0.2, 0.25) is 0 Å². The molecule has 36 valence electrons. The van der Waals surface area contributed by atoms with Gasteiger partial charge in [0.1, 0.15) is 0 Å². The van der Waals surface area contributed by atoms with Gasteiger partial charge in [-0.25, -0.2) is 4.79 Å². The molecule has 0 aromatic carbocycles. The van der Waals surface area contributed by atoms with Crippen LogP contribution >= 0.6 is 12.8 Å². The molecule has 0 atom stereocenters. The largest absolute Gasteiger partial charge is 0.351 e. The molecule has 0 saturated heterocycles. The topological polar surface area (TPSA) is 46.3 Å². The molecule has 2 amide bonds. The van der Waals surface area contributed by atoms with Crippen molar-refractivity contribution >= 4 is 18.8 Å². The predicted octanol–water partition coefficient (Wildman–Crippen LogP) is -0.158. The van der Waals surface area contributed by atoms with Gasteiger partial charge in [0.25, 0.3) is 0 Å². The molecule has 0 aromatic rings. The maximum absolute atomic E-state index is 9.77. The van der Waals surface area contributed by atoms with Crippen LogP contribution in [-0.2, 0) is 0 Å². The second kappa shape index (κ2) is 1.92. The summed E-state index contributed by atoms with van der Waals surface area (Å²) in [6, 6.07) is -0.543. The smallest absolute Gasteiger partial charge is 0.324 e. The molecule has 0 saturated carbocycles. The van der Waals surface area contributed by atoms with Crippen molar-refractivity contribution in [2.75, 3.05) is 7.05 Å². The molecule has 4 heteroatoms. The number of carbonyl (C=O) groups is 1. The van der Waals surface area contributed by atoms with E-state index in [1.165, 1.54) is 7.05 Å². The average Bonchev–Trinajstić information content (AvgIpc) is 1.36. The van der Waals surface area contributed by atoms with Gasteiger partial charge in [-0.15, -0.1) is 0 Å². The maximum atomic E-state index is 9.77. The second-order valence-corrected chi connectivity index (χ2v) is 1.46. The van der Waals surface area contributed by atoms with E-state index in [4.69, 9.17) is 0 Å². The number of thiol groups is 1. The summed E-state index contributed by atoms with van der Waals surface area (Å²) in [6.07, 6.45) is 0. The van der Waals surface area contributed by atoms with E-state index in [1.807, 2.05) is 0 Å². The van der Waals surface area contributed by atoms with E-state index in [2.05, 4.69) is 18.5 Å². The minimum absolute atomic E-state index is 0.543. The zero-order valence-corrected chi connectivity index (χ0v) is 4.27. The summed E-state index contributed by atoms with van der Waals surface area (Å²) in [6.45, 7) is 0. The lowest BCUT2D eigenvalue weighted by molar-refractivity contribution is 0.240. The Balaban J connectivity index is 3.26. The van der Waals surface area contributed by atoms with Crippen molar-refractivity contribution in [1.82, 2.24) is 4.31 Å². The van der Waals surface area contributed by atoms with Gasteiger partial charge >= 0.3 is 6.03 Å². The van der Waals surface area contributed by atoms with Gasteiger partial charge in [0.05, 0.1) is 0 Å². The van der Waals surface area contributed by atoms with Crippen LogP contribution in [0, 0.1) is 0 Å². The summed E-state index contributed by atoms with van der Waals surface area (Å²) in [7, 11) is 1.46. The number of urea groups is 1. The molecule has 0 aromatic heterocycles. The molecule has 6 heavy (non-hydrogen) atoms. The number of amides is 2. The van der Waals surface area contributed by atoms with E-state index in [9.17, 15) is 4.79 Å². The highest BCUT2D eigenvalue weighted by molar-refractivity contribution is 7.78. The first-order valence-electron chi connectivity index (χ1n) is 1.36. The standard InChI is InChI=1S/C2H6N2OS/c1-4(6)2(3)5/h6H,1H3,(H2,3,5). The Morgan fingerprint density at radius 1 is 2.00 bits per heavy atom. The molecule has 0 spiro atoms. The highest BCUT2D eigenvalue weighted by Gasteiger charge is 1.90. The van der Waals surface area contributed by atoms with E-state index in [0.29, 0.717) is 0 Å². The number of primary amides is 1. The van der Waals surface area contributed by atoms with E-state index in [-0.39, 0.29) is 0 Å². The SMILES string of the molecule is CN(S)C(N)=O. The van der Waals surface area contributed by atoms with Gasteiger partial charge in [0.15, 0.2) is 0 Å². The third kappa shape index (κ3) is 1.90. The number of nitrogens with zero attached hydrogens (tertiary/aromatic N) is 1. The number of carbonyl (C=O) groups excluding carboxylic acids is 1. The molecule has 2 N–H and O–H groups in total. The molecule has 0 heterocycles. The summed E-state index contributed by atoms with van der Waals surface area (Å²) in [4.78, 5) is 9.77. The lowest BCUT2D eigenvalue weighted by atomic mass is 11.0. The van der Waals surface area contributed by atoms with Crippen molar-refractivity contribution < 1.29 is 4.79 Å². The molecule has 0 aliphatic carbocycles. The van der Waals surface area contributed by atoms with E-state index >= 15 is 0 Å². The van der Waals surface area contributed by atoms with Crippen LogP contribution < -0.4 is 5.73 Å². The Morgan fingerprint density at radius 2 is 2.17 bits per heavy atom. The first-order valence-corrected chi connectivity index (χ1v) is 1.76. The molecule has 0 aliphatic heterocycles. The third-order valence-electron chi connectivity index (χ3n) is 0.319. The minimum atomic E-state index is -0.543. The van der Waals surface area contributed by atoms with Crippen LogP contribution in [0.15, 0.2) is 0 Å². The summed E-state index contributed by atoms with van der Waals surface area (Å²) in [5.41, 5.74) is 4.65. The molecule has 0 aliphatic rings. The third-order valence-corrected chi connectivity index (χ3v) is 0.516. The highest BCUT2D eigenvalue weighted by atomic mass is 32.1. The van der Waals surface area contributed by atoms with Crippen LogP contribution in [-0.4, -0.2) is 17.4 Å². The fraction of sp³-hybridized carbons (Fsp3) is 0.500. The highest BCUT2D eigenvalue weighted by Crippen LogP contribution is 1.80. The lowest BCUT2D eigenvalue weighted by Gasteiger charge is -1.99. The first kappa shape index (κ1) is 5.62. The lowest BCUT2D eigenvalue weighted by Crippen LogP contribution is -2.23. The van der Waals surface area contributed by atoms with Gasteiger partial charge < -0.3 is 5.73 Å². The van der Waals surface area contributed by atoms with Gasteiger partial charge in [-0.05, 0) is 0 Å². The molecule has 0 rings (SSSR count). The van der Waals surface area contributed by atoms with Gasteiger partial charge in [0, 0.05) is 7.05 Å². The van der Waals surface area contributed by atoms with Crippen molar-refractivity contribution in [3.05, 3.63) is 0 Å². The number of hydrogen-bond acceptors (Lipinski definition) is 2. The van der Waals surface area contributed by atoms with Crippen molar-refractivity contribution in [2.24, 2.45) is 5.73 Å². The molecular weight excluding hydrogens is 100 g/mol. The summed E-state index contributed by atoms with van der Waals surface area (Å²) >= 11 is 3.55. The van der Waals surface area contributed by atoms with Crippen LogP contribution in [0.3, 0.4) is 0 Å². The molecule has 0 bridgehead atoms. The summed E-state index contributed by atoms with van der Waals surface area (Å²) < 4.78 is 1.00. The average molecular weight is 106 g/mol. The van der Waals surface area contributed by atoms with Crippen molar-refractivity contribution in [1.29, 1.82) is 0 Å². The zero-order chi connectivity index (χ0) is 5.15. The summed E-state index contributed by atoms with van der Waals surface area (Å²) in [5, 5.41) is 0. The van der Waals surface area contributed by atoms with Crippen molar-refractivity contribution in [3.63, 3.8) is 0 Å². The Bertz CT molecular complexity index is 62.6. The monoisotopic (exact) mass is 106 g/mol. The van der Waals surface area contributed by atoms with Gasteiger partial charge in [-0.2, -0.15) is 0 Å². The van der Waals surface area contributed by atoms with E-state index < -0.39 is 6.03 Å². The fourth-order valence-electron chi connectivity index (χ4n) is 0. The maximum Gasteiger partial charge on any atom is 0.324 e. The van der Waals surface area contributed by atoms with Crippen LogP contribution in [0.4, 0.5) is 4.79 Å². The Hall–Kier alpha value is -0.380. The van der Waals surface area contributed by atoms with Crippen LogP contribution in [0.2, 0.25) is 0 Å². The number of rotatable bonds is 0. The summed E-state index contributed by atoms with van der Waals surface area (Å²) in [5.74, 6) is 0. The van der Waals surface area contributed by atoms with Crippen molar-refractivity contribution in [3.8, 4) is 0 Å². The van der Waals surface area contributed by atoms with E-state index in [0.717, 1.165) is 4.31 Å². The van der Waals surface area contributed by atoms with Crippen LogP contribution in [0.25, 0.3) is 0 Å². The molecule has 0 fully saturated rings. The molecule has 0 unspecified atom stereocenters. The van der Waals surface area contributed by atoms with Crippen LogP contribution in [0.1, 0.15) is 0 Å². The Labute approximate surface area is 41.7 Å². The zero-order valence-electron chi connectivity index (χ0n) is 3.38. The normalized spacial score (nSPS) is 7.67. The van der Waals surface area contributed by atoms with E-state index in [1.54, 1.807) is 0 Å². The first-order chi connectivity index (χ1) is 2.64. The number of nitrogens with two attached hydrogens (primary N) is 1. The quantitative estimate of drug-likeness (QED) is 0.414. The Morgan fingerprint density at radius 3 is 2.17 bits per heavy atom.